The highest BCUT2D eigenvalue weighted by Gasteiger charge is 2.25. The van der Waals surface area contributed by atoms with Gasteiger partial charge >= 0.3 is 0 Å². The van der Waals surface area contributed by atoms with Crippen LogP contribution in [0.2, 0.25) is 0 Å². The first-order valence-corrected chi connectivity index (χ1v) is 12.9. The minimum Gasteiger partial charge on any atom is -0.340 e. The predicted octanol–water partition coefficient (Wildman–Crippen LogP) is 7.81. The minimum atomic E-state index is 0.574. The van der Waals surface area contributed by atoms with E-state index in [0.717, 1.165) is 31.6 Å². The predicted molar refractivity (Wildman–Crippen MR) is 143 cm³/mol. The molecule has 4 rings (SSSR count). The summed E-state index contributed by atoms with van der Waals surface area (Å²) in [4.78, 5) is 12.1. The Morgan fingerprint density at radius 3 is 2.55 bits per heavy atom. The van der Waals surface area contributed by atoms with Crippen molar-refractivity contribution in [2.45, 2.75) is 56.4 Å². The van der Waals surface area contributed by atoms with E-state index in [-0.39, 0.29) is 0 Å². The molecule has 33 heavy (non-hydrogen) atoms. The lowest BCUT2D eigenvalue weighted by molar-refractivity contribution is 0.213. The molecule has 172 valence electrons. The van der Waals surface area contributed by atoms with Crippen LogP contribution in [0.15, 0.2) is 88.4 Å². The highest BCUT2D eigenvalue weighted by molar-refractivity contribution is 7.99. The Hall–Kier alpha value is -2.56. The maximum atomic E-state index is 4.31. The summed E-state index contributed by atoms with van der Waals surface area (Å²) >= 11 is 1.88. The Labute approximate surface area is 203 Å². The topological polar surface area (TPSA) is 19.4 Å². The molecule has 0 aliphatic carbocycles. The van der Waals surface area contributed by atoms with Gasteiger partial charge < -0.3 is 4.90 Å². The van der Waals surface area contributed by atoms with E-state index in [1.54, 1.807) is 0 Å². The van der Waals surface area contributed by atoms with Gasteiger partial charge in [-0.05, 0) is 69.1 Å². The van der Waals surface area contributed by atoms with Crippen molar-refractivity contribution in [3.63, 3.8) is 0 Å². The first-order valence-electron chi connectivity index (χ1n) is 12.1. The highest BCUT2D eigenvalue weighted by atomic mass is 32.2. The summed E-state index contributed by atoms with van der Waals surface area (Å²) in [6, 6.07) is 20.4. The van der Waals surface area contributed by atoms with E-state index in [2.05, 4.69) is 97.1 Å². The molecular formula is C29H35N3S. The van der Waals surface area contributed by atoms with E-state index in [1.165, 1.54) is 38.7 Å². The first-order chi connectivity index (χ1) is 16.1. The maximum Gasteiger partial charge on any atom is 0.0553 e. The van der Waals surface area contributed by atoms with E-state index < -0.39 is 0 Å². The summed E-state index contributed by atoms with van der Waals surface area (Å²) in [5, 5.41) is 0. The summed E-state index contributed by atoms with van der Waals surface area (Å²) in [5.74, 6) is 0. The number of rotatable bonds is 9. The van der Waals surface area contributed by atoms with Gasteiger partial charge in [-0.1, -0.05) is 61.5 Å². The van der Waals surface area contributed by atoms with Gasteiger partial charge in [0.1, 0.15) is 0 Å². The molecule has 3 nitrogen and oxygen atoms in total. The smallest absolute Gasteiger partial charge is 0.0553 e. The fraction of sp³-hybridized carbons (Fsp3) is 0.345. The van der Waals surface area contributed by atoms with E-state index in [4.69, 9.17) is 0 Å². The third kappa shape index (κ3) is 5.51. The lowest BCUT2D eigenvalue weighted by Gasteiger charge is -2.36. The Balaban J connectivity index is 1.61. The summed E-state index contributed by atoms with van der Waals surface area (Å²) in [7, 11) is 0. The molecule has 2 heterocycles. The molecule has 1 unspecified atom stereocenters. The average Bonchev–Trinajstić information content (AvgIpc) is 2.85. The van der Waals surface area contributed by atoms with Crippen LogP contribution < -0.4 is 4.90 Å². The molecule has 1 aliphatic heterocycles. The normalized spacial score (nSPS) is 13.4. The van der Waals surface area contributed by atoms with E-state index >= 15 is 0 Å². The Bertz CT molecular complexity index is 1090. The number of allylic oxidation sites excluding steroid dienone is 1. The average molecular weight is 458 g/mol. The number of para-hydroxylation sites is 1. The third-order valence-corrected chi connectivity index (χ3v) is 7.55. The van der Waals surface area contributed by atoms with Gasteiger partial charge in [-0.3, -0.25) is 9.88 Å². The van der Waals surface area contributed by atoms with Crippen LogP contribution in [0, 0.1) is 0 Å². The highest BCUT2D eigenvalue weighted by Crippen LogP contribution is 2.49. The van der Waals surface area contributed by atoms with Crippen molar-refractivity contribution < 1.29 is 0 Å². The van der Waals surface area contributed by atoms with Crippen molar-refractivity contribution in [1.29, 1.82) is 0 Å². The number of likely N-dealkylation sites (N-methyl/N-ethyl adjacent to an activating group) is 1. The molecule has 0 bridgehead atoms. The number of nitrogens with zero attached hydrogens (tertiary/aromatic N) is 3. The van der Waals surface area contributed by atoms with Gasteiger partial charge in [0.25, 0.3) is 0 Å². The third-order valence-electron chi connectivity index (χ3n) is 6.44. The first kappa shape index (κ1) is 23.6. The standard InChI is InChI=1S/C29H35N3S/c1-5-25(31(6-2)18-15-22(3)4)16-19-32-26-11-7-8-12-28(26)33-29-20-23(13-14-27(29)32)24-10-9-17-30-21-24/h7-15,17,20-21,25H,5-6,16,18-19H2,1-4H3. The van der Waals surface area contributed by atoms with Crippen LogP contribution in [0.25, 0.3) is 11.1 Å². The van der Waals surface area contributed by atoms with Gasteiger partial charge in [0.15, 0.2) is 0 Å². The summed E-state index contributed by atoms with van der Waals surface area (Å²) < 4.78 is 0. The Morgan fingerprint density at radius 1 is 1.00 bits per heavy atom. The number of aromatic nitrogens is 1. The van der Waals surface area contributed by atoms with Crippen molar-refractivity contribution in [3.8, 4) is 11.1 Å². The van der Waals surface area contributed by atoms with Crippen molar-refractivity contribution in [3.05, 3.63) is 78.6 Å². The second-order valence-corrected chi connectivity index (χ2v) is 9.95. The number of hydrogen-bond acceptors (Lipinski definition) is 4. The van der Waals surface area contributed by atoms with Gasteiger partial charge in [0.2, 0.25) is 0 Å². The fourth-order valence-electron chi connectivity index (χ4n) is 4.55. The van der Waals surface area contributed by atoms with Crippen LogP contribution >= 0.6 is 11.8 Å². The van der Waals surface area contributed by atoms with Gasteiger partial charge in [-0.25, -0.2) is 0 Å². The van der Waals surface area contributed by atoms with Crippen LogP contribution in [0.1, 0.15) is 40.5 Å². The molecule has 0 saturated carbocycles. The molecule has 0 radical (unpaired) electrons. The van der Waals surface area contributed by atoms with E-state index in [9.17, 15) is 0 Å². The van der Waals surface area contributed by atoms with Crippen LogP contribution in [0.4, 0.5) is 11.4 Å². The van der Waals surface area contributed by atoms with Crippen LogP contribution in [-0.2, 0) is 0 Å². The van der Waals surface area contributed by atoms with Gasteiger partial charge in [0.05, 0.1) is 11.4 Å². The summed E-state index contributed by atoms with van der Waals surface area (Å²) in [6.45, 7) is 12.1. The molecule has 1 atom stereocenters. The van der Waals surface area contributed by atoms with Crippen molar-refractivity contribution in [2.75, 3.05) is 24.5 Å². The van der Waals surface area contributed by atoms with E-state index in [1.807, 2.05) is 30.2 Å². The Kier molecular flexibility index (Phi) is 7.89. The summed E-state index contributed by atoms with van der Waals surface area (Å²) in [6.07, 6.45) is 8.44. The number of benzene rings is 2. The lowest BCUT2D eigenvalue weighted by atomic mass is 10.1. The van der Waals surface area contributed by atoms with Crippen LogP contribution in [0.5, 0.6) is 0 Å². The molecule has 3 aromatic rings. The van der Waals surface area contributed by atoms with Crippen molar-refractivity contribution in [1.82, 2.24) is 9.88 Å². The largest absolute Gasteiger partial charge is 0.340 e. The van der Waals surface area contributed by atoms with E-state index in [0.29, 0.717) is 6.04 Å². The lowest BCUT2D eigenvalue weighted by Crippen LogP contribution is -2.37. The Morgan fingerprint density at radius 2 is 1.82 bits per heavy atom. The van der Waals surface area contributed by atoms with Crippen LogP contribution in [-0.4, -0.2) is 35.6 Å². The van der Waals surface area contributed by atoms with Gasteiger partial charge in [0, 0.05) is 46.9 Å². The zero-order valence-corrected chi connectivity index (χ0v) is 21.1. The molecule has 1 aliphatic rings. The molecular weight excluding hydrogens is 422 g/mol. The van der Waals surface area contributed by atoms with Crippen molar-refractivity contribution >= 4 is 23.1 Å². The zero-order valence-electron chi connectivity index (χ0n) is 20.3. The molecule has 4 heteroatoms. The number of hydrogen-bond donors (Lipinski definition) is 0. The molecule has 0 amide bonds. The molecule has 1 aromatic heterocycles. The SMILES string of the molecule is CCC(CCN1c2ccccc2Sc2cc(-c3cccnc3)ccc21)N(CC)CC=C(C)C. The maximum absolute atomic E-state index is 4.31. The molecule has 0 N–H and O–H groups in total. The van der Waals surface area contributed by atoms with Crippen LogP contribution in [0.3, 0.4) is 0 Å². The second kappa shape index (κ2) is 11.0. The molecule has 2 aromatic carbocycles. The minimum absolute atomic E-state index is 0.574. The second-order valence-electron chi connectivity index (χ2n) is 8.87. The number of anilines is 2. The van der Waals surface area contributed by atoms with Crippen molar-refractivity contribution in [2.24, 2.45) is 0 Å². The zero-order chi connectivity index (χ0) is 23.2. The van der Waals surface area contributed by atoms with Gasteiger partial charge in [-0.15, -0.1) is 0 Å². The summed E-state index contributed by atoms with van der Waals surface area (Å²) in [5.41, 5.74) is 6.41. The van der Waals surface area contributed by atoms with Gasteiger partial charge in [-0.2, -0.15) is 0 Å². The number of pyridine rings is 1. The monoisotopic (exact) mass is 457 g/mol. The quantitative estimate of drug-likeness (QED) is 0.305. The molecule has 0 spiro atoms. The number of fused-ring (bicyclic) bond motifs is 2. The molecule has 0 saturated heterocycles. The molecule has 0 fully saturated rings. The fourth-order valence-corrected chi connectivity index (χ4v) is 5.68.